The number of hydrogen-bond acceptors (Lipinski definition) is 5. The minimum absolute atomic E-state index is 0.361. The molecule has 29 heavy (non-hydrogen) atoms. The van der Waals surface area contributed by atoms with Gasteiger partial charge in [0.25, 0.3) is 0 Å². The Hall–Kier alpha value is -2.83. The third-order valence-corrected chi connectivity index (χ3v) is 5.38. The van der Waals surface area contributed by atoms with E-state index in [0.717, 1.165) is 12.8 Å². The van der Waals surface area contributed by atoms with E-state index in [1.807, 2.05) is 6.92 Å². The number of carbonyl (C=O) groups excluding carboxylic acids is 3. The lowest BCUT2D eigenvalue weighted by molar-refractivity contribution is -0.141. The molecule has 2 aliphatic rings. The Morgan fingerprint density at radius 1 is 1.10 bits per heavy atom. The van der Waals surface area contributed by atoms with Gasteiger partial charge in [-0.15, -0.1) is 0 Å². The lowest BCUT2D eigenvalue weighted by atomic mass is 9.90. The van der Waals surface area contributed by atoms with Crippen LogP contribution in [0.4, 0.5) is 4.79 Å². The van der Waals surface area contributed by atoms with Crippen molar-refractivity contribution < 1.29 is 23.9 Å². The quantitative estimate of drug-likeness (QED) is 0.560. The van der Waals surface area contributed by atoms with Gasteiger partial charge in [0, 0.05) is 12.6 Å². The summed E-state index contributed by atoms with van der Waals surface area (Å²) < 4.78 is 10.7. The average molecular weight is 400 g/mol. The number of rotatable bonds is 6. The van der Waals surface area contributed by atoms with Gasteiger partial charge in [-0.25, -0.2) is 9.59 Å². The molecule has 1 fully saturated rings. The number of hydrogen-bond donors (Lipinski definition) is 2. The number of urea groups is 1. The zero-order valence-electron chi connectivity index (χ0n) is 17.0. The van der Waals surface area contributed by atoms with Crippen molar-refractivity contribution in [3.8, 4) is 5.75 Å². The Labute approximate surface area is 170 Å². The van der Waals surface area contributed by atoms with E-state index in [1.165, 1.54) is 26.2 Å². The lowest BCUT2D eigenvalue weighted by Gasteiger charge is -2.30. The Morgan fingerprint density at radius 3 is 2.41 bits per heavy atom. The van der Waals surface area contributed by atoms with E-state index in [2.05, 4.69) is 10.6 Å². The van der Waals surface area contributed by atoms with Gasteiger partial charge in [0.05, 0.1) is 18.2 Å². The highest BCUT2D eigenvalue weighted by molar-refractivity contribution is 5.95. The van der Waals surface area contributed by atoms with E-state index < -0.39 is 18.0 Å². The van der Waals surface area contributed by atoms with E-state index in [1.54, 1.807) is 24.3 Å². The first-order valence-corrected chi connectivity index (χ1v) is 10.2. The first kappa shape index (κ1) is 20.9. The van der Waals surface area contributed by atoms with Crippen LogP contribution in [-0.4, -0.2) is 24.6 Å². The van der Waals surface area contributed by atoms with Gasteiger partial charge < -0.3 is 20.1 Å². The number of esters is 2. The fourth-order valence-corrected chi connectivity index (χ4v) is 3.91. The van der Waals surface area contributed by atoms with Crippen LogP contribution in [0.1, 0.15) is 64.0 Å². The van der Waals surface area contributed by atoms with Crippen LogP contribution < -0.4 is 15.4 Å². The monoisotopic (exact) mass is 400 g/mol. The summed E-state index contributed by atoms with van der Waals surface area (Å²) in [7, 11) is 0. The van der Waals surface area contributed by atoms with Crippen LogP contribution in [0.15, 0.2) is 35.5 Å². The van der Waals surface area contributed by atoms with Crippen LogP contribution in [-0.2, 0) is 14.3 Å². The number of amides is 2. The smallest absolute Gasteiger partial charge is 0.338 e. The molecule has 3 rings (SSSR count). The minimum atomic E-state index is -0.621. The van der Waals surface area contributed by atoms with Crippen molar-refractivity contribution >= 4 is 18.0 Å². The third kappa shape index (κ3) is 5.37. The summed E-state index contributed by atoms with van der Waals surface area (Å²) in [6.07, 6.45) is 6.28. The Balaban J connectivity index is 1.80. The van der Waals surface area contributed by atoms with Crippen molar-refractivity contribution in [1.29, 1.82) is 0 Å². The first-order chi connectivity index (χ1) is 14.0. The molecule has 2 amide bonds. The second-order valence-electron chi connectivity index (χ2n) is 7.54. The summed E-state index contributed by atoms with van der Waals surface area (Å²) in [4.78, 5) is 36.2. The molecule has 2 N–H and O–H groups in total. The van der Waals surface area contributed by atoms with E-state index >= 15 is 0 Å². The summed E-state index contributed by atoms with van der Waals surface area (Å²) in [5, 5.41) is 5.54. The molecular weight excluding hydrogens is 372 g/mol. The number of nitrogens with one attached hydrogen (secondary N) is 2. The van der Waals surface area contributed by atoms with Crippen molar-refractivity contribution in [3.63, 3.8) is 0 Å². The fraction of sp³-hybridized carbons (Fsp3) is 0.500. The van der Waals surface area contributed by atoms with Gasteiger partial charge in [0.15, 0.2) is 0 Å². The molecule has 1 aliphatic carbocycles. The van der Waals surface area contributed by atoms with E-state index in [0.29, 0.717) is 41.5 Å². The maximum Gasteiger partial charge on any atom is 0.338 e. The summed E-state index contributed by atoms with van der Waals surface area (Å²) in [6, 6.07) is 5.76. The van der Waals surface area contributed by atoms with Crippen LogP contribution in [0.3, 0.4) is 0 Å². The third-order valence-electron chi connectivity index (χ3n) is 5.38. The number of ether oxygens (including phenoxy) is 2. The molecule has 1 aliphatic heterocycles. The molecule has 7 heteroatoms. The molecule has 0 saturated heterocycles. The van der Waals surface area contributed by atoms with Gasteiger partial charge in [0.2, 0.25) is 0 Å². The summed E-state index contributed by atoms with van der Waals surface area (Å²) in [5.41, 5.74) is 1.70. The minimum Gasteiger partial charge on any atom is -0.462 e. The SMILES string of the molecule is CCC1=C(C(=O)OCC2CCCCC2)C(c2ccc(OC(C)=O)cc2)NC(=O)N1. The molecule has 1 aromatic carbocycles. The largest absolute Gasteiger partial charge is 0.462 e. The van der Waals surface area contributed by atoms with Crippen molar-refractivity contribution in [2.75, 3.05) is 6.61 Å². The predicted molar refractivity (Wildman–Crippen MR) is 107 cm³/mol. The molecule has 0 spiro atoms. The molecule has 7 nitrogen and oxygen atoms in total. The Bertz CT molecular complexity index is 794. The number of allylic oxidation sites excluding steroid dienone is 1. The van der Waals surface area contributed by atoms with Crippen LogP contribution >= 0.6 is 0 Å². The molecule has 156 valence electrons. The van der Waals surface area contributed by atoms with Gasteiger partial charge >= 0.3 is 18.0 Å². The lowest BCUT2D eigenvalue weighted by Crippen LogP contribution is -2.46. The van der Waals surface area contributed by atoms with Crippen molar-refractivity contribution in [1.82, 2.24) is 10.6 Å². The van der Waals surface area contributed by atoms with Gasteiger partial charge in [-0.1, -0.05) is 38.3 Å². The second kappa shape index (κ2) is 9.58. The molecule has 1 saturated carbocycles. The molecule has 1 aromatic rings. The van der Waals surface area contributed by atoms with Crippen LogP contribution in [0.5, 0.6) is 5.75 Å². The highest BCUT2D eigenvalue weighted by Gasteiger charge is 2.33. The average Bonchev–Trinajstić information content (AvgIpc) is 2.72. The summed E-state index contributed by atoms with van der Waals surface area (Å²) in [5.74, 6) is -0.00402. The molecule has 1 unspecified atom stereocenters. The zero-order valence-corrected chi connectivity index (χ0v) is 17.0. The normalized spacial score (nSPS) is 19.9. The first-order valence-electron chi connectivity index (χ1n) is 10.2. The maximum atomic E-state index is 13.0. The van der Waals surface area contributed by atoms with E-state index in [9.17, 15) is 14.4 Å². The molecule has 0 aromatic heterocycles. The Morgan fingerprint density at radius 2 is 1.79 bits per heavy atom. The van der Waals surface area contributed by atoms with Crippen LogP contribution in [0, 0.1) is 5.92 Å². The standard InChI is InChI=1S/C22H28N2O5/c1-3-18-19(21(26)28-13-15-7-5-4-6-8-15)20(24-22(27)23-18)16-9-11-17(12-10-16)29-14(2)25/h9-12,15,20H,3-8,13H2,1-2H3,(H2,23,24,27). The second-order valence-corrected chi connectivity index (χ2v) is 7.54. The van der Waals surface area contributed by atoms with E-state index in [4.69, 9.17) is 9.47 Å². The van der Waals surface area contributed by atoms with Gasteiger partial charge in [-0.3, -0.25) is 4.79 Å². The number of carbonyl (C=O) groups is 3. The molecule has 1 atom stereocenters. The van der Waals surface area contributed by atoms with Crippen molar-refractivity contribution in [2.24, 2.45) is 5.92 Å². The molecular formula is C22H28N2O5. The van der Waals surface area contributed by atoms with Gasteiger partial charge in [-0.2, -0.15) is 0 Å². The zero-order chi connectivity index (χ0) is 20.8. The van der Waals surface area contributed by atoms with Gasteiger partial charge in [0.1, 0.15) is 5.75 Å². The Kier molecular flexibility index (Phi) is 6.90. The highest BCUT2D eigenvalue weighted by atomic mass is 16.5. The van der Waals surface area contributed by atoms with Crippen molar-refractivity contribution in [2.45, 2.75) is 58.4 Å². The van der Waals surface area contributed by atoms with Crippen molar-refractivity contribution in [3.05, 3.63) is 41.1 Å². The fourth-order valence-electron chi connectivity index (χ4n) is 3.91. The summed E-state index contributed by atoms with van der Waals surface area (Å²) >= 11 is 0. The number of benzene rings is 1. The van der Waals surface area contributed by atoms with Gasteiger partial charge in [-0.05, 0) is 42.9 Å². The maximum absolute atomic E-state index is 13.0. The van der Waals surface area contributed by atoms with E-state index in [-0.39, 0.29) is 6.03 Å². The highest BCUT2D eigenvalue weighted by Crippen LogP contribution is 2.31. The predicted octanol–water partition coefficient (Wildman–Crippen LogP) is 3.75. The topological polar surface area (TPSA) is 93.7 Å². The van der Waals surface area contributed by atoms with Crippen LogP contribution in [0.2, 0.25) is 0 Å². The van der Waals surface area contributed by atoms with Crippen LogP contribution in [0.25, 0.3) is 0 Å². The molecule has 0 radical (unpaired) electrons. The molecule has 0 bridgehead atoms. The molecule has 1 heterocycles. The summed E-state index contributed by atoms with van der Waals surface area (Å²) in [6.45, 7) is 3.62.